The van der Waals surface area contributed by atoms with Crippen molar-refractivity contribution in [3.63, 3.8) is 0 Å². The lowest BCUT2D eigenvalue weighted by atomic mass is 9.87. The van der Waals surface area contributed by atoms with E-state index in [9.17, 15) is 5.11 Å². The van der Waals surface area contributed by atoms with Crippen molar-refractivity contribution in [3.8, 4) is 5.75 Å². The number of fused-ring (bicyclic) bond motifs is 3. The fraction of sp³-hybridized carbons (Fsp3) is 0.500. The largest absolute Gasteiger partial charge is 0.507 e. The average molecular weight is 376 g/mol. The first kappa shape index (κ1) is 16.8. The molecule has 1 aliphatic carbocycles. The molecule has 0 radical (unpaired) electrons. The predicted molar refractivity (Wildman–Crippen MR) is 101 cm³/mol. The Labute approximate surface area is 149 Å². The minimum atomic E-state index is 0. The maximum absolute atomic E-state index is 10.1. The van der Waals surface area contributed by atoms with Crippen LogP contribution in [-0.4, -0.2) is 23.1 Å². The van der Waals surface area contributed by atoms with Gasteiger partial charge in [-0.15, -0.1) is 17.0 Å². The van der Waals surface area contributed by atoms with E-state index in [1.807, 2.05) is 6.07 Å². The van der Waals surface area contributed by atoms with Crippen molar-refractivity contribution in [3.05, 3.63) is 41.5 Å². The van der Waals surface area contributed by atoms with E-state index < -0.39 is 0 Å². The molecule has 0 saturated heterocycles. The van der Waals surface area contributed by atoms with Gasteiger partial charge in [0.15, 0.2) is 0 Å². The number of hydrogen-bond acceptors (Lipinski definition) is 2. The Balaban J connectivity index is 0.00000156. The average Bonchev–Trinajstić information content (AvgIpc) is 2.56. The van der Waals surface area contributed by atoms with Gasteiger partial charge in [0.25, 0.3) is 0 Å². The van der Waals surface area contributed by atoms with Crippen molar-refractivity contribution in [1.82, 2.24) is 4.90 Å². The first-order chi connectivity index (χ1) is 10.8. The molecule has 1 N–H and O–H groups in total. The molecule has 23 heavy (non-hydrogen) atoms. The topological polar surface area (TPSA) is 23.5 Å². The van der Waals surface area contributed by atoms with Gasteiger partial charge in [-0.05, 0) is 47.8 Å². The normalized spacial score (nSPS) is 19.3. The summed E-state index contributed by atoms with van der Waals surface area (Å²) in [6.07, 6.45) is 8.26. The van der Waals surface area contributed by atoms with Crippen LogP contribution >= 0.6 is 17.0 Å². The van der Waals surface area contributed by atoms with E-state index in [-0.39, 0.29) is 17.0 Å². The van der Waals surface area contributed by atoms with E-state index >= 15 is 0 Å². The fourth-order valence-corrected chi connectivity index (χ4v) is 4.34. The number of hydrogen-bond donors (Lipinski definition) is 1. The molecule has 0 atom stereocenters. The molecule has 0 amide bonds. The molecule has 1 fully saturated rings. The van der Waals surface area contributed by atoms with Crippen molar-refractivity contribution in [2.45, 2.75) is 45.1 Å². The quantitative estimate of drug-likeness (QED) is 0.792. The summed E-state index contributed by atoms with van der Waals surface area (Å²) in [5, 5.41) is 12.3. The number of phenols is 1. The zero-order valence-electron chi connectivity index (χ0n) is 13.6. The Bertz CT molecular complexity index is 679. The minimum Gasteiger partial charge on any atom is -0.507 e. The summed E-state index contributed by atoms with van der Waals surface area (Å²) in [4.78, 5) is 2.64. The van der Waals surface area contributed by atoms with Crippen molar-refractivity contribution in [1.29, 1.82) is 0 Å². The zero-order chi connectivity index (χ0) is 14.9. The smallest absolute Gasteiger partial charge is 0.123 e. The molecular weight excluding hydrogens is 350 g/mol. The number of halogens is 1. The van der Waals surface area contributed by atoms with Crippen LogP contribution in [0.15, 0.2) is 30.3 Å². The van der Waals surface area contributed by atoms with Crippen LogP contribution in [0.3, 0.4) is 0 Å². The van der Waals surface area contributed by atoms with Crippen LogP contribution in [0, 0.1) is 5.92 Å². The molecule has 3 heteroatoms. The highest BCUT2D eigenvalue weighted by Gasteiger charge is 2.22. The van der Waals surface area contributed by atoms with E-state index in [1.165, 1.54) is 61.7 Å². The van der Waals surface area contributed by atoms with Crippen LogP contribution in [0.5, 0.6) is 5.75 Å². The van der Waals surface area contributed by atoms with Gasteiger partial charge in [-0.1, -0.05) is 43.5 Å². The first-order valence-corrected chi connectivity index (χ1v) is 8.76. The predicted octanol–water partition coefficient (Wildman–Crippen LogP) is 5.06. The van der Waals surface area contributed by atoms with Crippen LogP contribution in [0.4, 0.5) is 0 Å². The molecule has 2 nitrogen and oxygen atoms in total. The lowest BCUT2D eigenvalue weighted by Crippen LogP contribution is -2.35. The molecule has 1 saturated carbocycles. The van der Waals surface area contributed by atoms with E-state index in [0.29, 0.717) is 5.75 Å². The standard InChI is InChI=1S/C20H25NO.BrH/c22-20-8-4-7-17-18(20)10-9-16-11-12-21(14-19(16)17)13-15-5-2-1-3-6-15;/h4,7-10,15,22H,1-3,5-6,11-14H2;1H. The summed E-state index contributed by atoms with van der Waals surface area (Å²) >= 11 is 0. The van der Waals surface area contributed by atoms with Gasteiger partial charge in [0, 0.05) is 25.0 Å². The van der Waals surface area contributed by atoms with E-state index in [0.717, 1.165) is 24.3 Å². The van der Waals surface area contributed by atoms with Crippen LogP contribution in [0.25, 0.3) is 10.8 Å². The van der Waals surface area contributed by atoms with Crippen LogP contribution < -0.4 is 0 Å². The van der Waals surface area contributed by atoms with Crippen molar-refractivity contribution < 1.29 is 5.11 Å². The van der Waals surface area contributed by atoms with Gasteiger partial charge in [0.1, 0.15) is 5.75 Å². The van der Waals surface area contributed by atoms with Gasteiger partial charge in [0.05, 0.1) is 0 Å². The van der Waals surface area contributed by atoms with Crippen molar-refractivity contribution in [2.75, 3.05) is 13.1 Å². The fourth-order valence-electron chi connectivity index (χ4n) is 4.34. The second-order valence-corrected chi connectivity index (χ2v) is 7.06. The summed E-state index contributed by atoms with van der Waals surface area (Å²) in [7, 11) is 0. The molecule has 4 rings (SSSR count). The Morgan fingerprint density at radius 2 is 1.83 bits per heavy atom. The third kappa shape index (κ3) is 3.41. The third-order valence-electron chi connectivity index (χ3n) is 5.57. The molecule has 1 heterocycles. The third-order valence-corrected chi connectivity index (χ3v) is 5.57. The lowest BCUT2D eigenvalue weighted by Gasteiger charge is -2.34. The number of rotatable bonds is 2. The van der Waals surface area contributed by atoms with Crippen LogP contribution in [-0.2, 0) is 13.0 Å². The monoisotopic (exact) mass is 375 g/mol. The lowest BCUT2D eigenvalue weighted by molar-refractivity contribution is 0.188. The summed E-state index contributed by atoms with van der Waals surface area (Å²) in [6, 6.07) is 10.2. The molecule has 1 aliphatic heterocycles. The maximum atomic E-state index is 10.1. The molecule has 0 aromatic heterocycles. The molecule has 2 aliphatic rings. The zero-order valence-corrected chi connectivity index (χ0v) is 15.3. The second kappa shape index (κ2) is 7.23. The molecule has 124 valence electrons. The number of aromatic hydroxyl groups is 1. The van der Waals surface area contributed by atoms with E-state index in [1.54, 1.807) is 6.07 Å². The Morgan fingerprint density at radius 1 is 1.00 bits per heavy atom. The highest BCUT2D eigenvalue weighted by Crippen LogP contribution is 2.33. The molecule has 0 bridgehead atoms. The summed E-state index contributed by atoms with van der Waals surface area (Å²) < 4.78 is 0. The minimum absolute atomic E-state index is 0. The van der Waals surface area contributed by atoms with E-state index in [4.69, 9.17) is 0 Å². The second-order valence-electron chi connectivity index (χ2n) is 7.06. The van der Waals surface area contributed by atoms with E-state index in [2.05, 4.69) is 23.1 Å². The Morgan fingerprint density at radius 3 is 2.65 bits per heavy atom. The van der Waals surface area contributed by atoms with Gasteiger partial charge in [-0.3, -0.25) is 4.90 Å². The summed E-state index contributed by atoms with van der Waals surface area (Å²) in [6.45, 7) is 3.50. The molecule has 0 spiro atoms. The van der Waals surface area contributed by atoms with Gasteiger partial charge >= 0.3 is 0 Å². The Kier molecular flexibility index (Phi) is 5.27. The highest BCUT2D eigenvalue weighted by molar-refractivity contribution is 8.93. The summed E-state index contributed by atoms with van der Waals surface area (Å²) in [5.74, 6) is 1.31. The molecular formula is C20H26BrNO. The van der Waals surface area contributed by atoms with Crippen molar-refractivity contribution in [2.24, 2.45) is 5.92 Å². The van der Waals surface area contributed by atoms with Gasteiger partial charge in [-0.2, -0.15) is 0 Å². The van der Waals surface area contributed by atoms with Crippen LogP contribution in [0.2, 0.25) is 0 Å². The molecule has 2 aromatic rings. The maximum Gasteiger partial charge on any atom is 0.123 e. The Hall–Kier alpha value is -1.06. The summed E-state index contributed by atoms with van der Waals surface area (Å²) in [5.41, 5.74) is 2.91. The number of benzene rings is 2. The number of nitrogens with zero attached hydrogens (tertiary/aromatic N) is 1. The van der Waals surface area contributed by atoms with Crippen LogP contribution in [0.1, 0.15) is 43.2 Å². The number of phenolic OH excluding ortho intramolecular Hbond substituents is 1. The molecule has 2 aromatic carbocycles. The first-order valence-electron chi connectivity index (χ1n) is 8.76. The SMILES string of the molecule is Br.Oc1cccc2c3c(ccc12)CCN(CC1CCCCC1)C3. The molecule has 0 unspecified atom stereocenters. The van der Waals surface area contributed by atoms with Gasteiger partial charge < -0.3 is 5.11 Å². The highest BCUT2D eigenvalue weighted by atomic mass is 79.9. The van der Waals surface area contributed by atoms with Crippen molar-refractivity contribution >= 4 is 27.8 Å². The van der Waals surface area contributed by atoms with Gasteiger partial charge in [0.2, 0.25) is 0 Å². The van der Waals surface area contributed by atoms with Gasteiger partial charge in [-0.25, -0.2) is 0 Å².